The van der Waals surface area contributed by atoms with Crippen molar-refractivity contribution in [3.05, 3.63) is 42.0 Å². The number of aromatic nitrogens is 2. The SMILES string of the molecule is CCC(C)N(CC(=O)N1CCCN(c2ccc(-c3ccc(C)cc3)nn2)CC1)C(=O)C(C)C. The van der Waals surface area contributed by atoms with Crippen LogP contribution in [0.5, 0.6) is 0 Å². The fraction of sp³-hybridized carbons (Fsp3) is 0.538. The Bertz CT molecular complexity index is 927. The summed E-state index contributed by atoms with van der Waals surface area (Å²) in [6, 6.07) is 12.3. The maximum atomic E-state index is 13.1. The molecular weight excluding hydrogens is 414 g/mol. The largest absolute Gasteiger partial charge is 0.353 e. The highest BCUT2D eigenvalue weighted by Gasteiger charge is 2.27. The Labute approximate surface area is 197 Å². The van der Waals surface area contributed by atoms with E-state index in [1.165, 1.54) is 5.56 Å². The number of nitrogens with zero attached hydrogens (tertiary/aromatic N) is 5. The number of aryl methyl sites for hydroxylation is 1. The minimum Gasteiger partial charge on any atom is -0.353 e. The van der Waals surface area contributed by atoms with Crippen LogP contribution in [0.3, 0.4) is 0 Å². The van der Waals surface area contributed by atoms with E-state index in [9.17, 15) is 9.59 Å². The predicted octanol–water partition coefficient (Wildman–Crippen LogP) is 3.77. The van der Waals surface area contributed by atoms with Crippen molar-refractivity contribution in [2.75, 3.05) is 37.6 Å². The molecular formula is C26H37N5O2. The van der Waals surface area contributed by atoms with Gasteiger partial charge in [0, 0.05) is 43.7 Å². The van der Waals surface area contributed by atoms with E-state index < -0.39 is 0 Å². The summed E-state index contributed by atoms with van der Waals surface area (Å²) in [6.07, 6.45) is 1.69. The van der Waals surface area contributed by atoms with E-state index in [-0.39, 0.29) is 30.3 Å². The molecule has 0 saturated carbocycles. The summed E-state index contributed by atoms with van der Waals surface area (Å²) < 4.78 is 0. The normalized spacial score (nSPS) is 15.3. The van der Waals surface area contributed by atoms with Crippen LogP contribution in [0.25, 0.3) is 11.3 Å². The molecule has 0 radical (unpaired) electrons. The van der Waals surface area contributed by atoms with Crippen molar-refractivity contribution < 1.29 is 9.59 Å². The molecule has 0 spiro atoms. The lowest BCUT2D eigenvalue weighted by molar-refractivity contribution is -0.144. The maximum absolute atomic E-state index is 13.1. The Kier molecular flexibility index (Phi) is 8.42. The van der Waals surface area contributed by atoms with Gasteiger partial charge in [0.1, 0.15) is 0 Å². The van der Waals surface area contributed by atoms with E-state index in [1.807, 2.05) is 44.7 Å². The molecule has 33 heavy (non-hydrogen) atoms. The van der Waals surface area contributed by atoms with E-state index in [0.717, 1.165) is 36.5 Å². The van der Waals surface area contributed by atoms with Crippen LogP contribution in [0.1, 0.15) is 46.1 Å². The molecule has 7 nitrogen and oxygen atoms in total. The summed E-state index contributed by atoms with van der Waals surface area (Å²) >= 11 is 0. The fourth-order valence-electron chi connectivity index (χ4n) is 4.02. The monoisotopic (exact) mass is 451 g/mol. The molecule has 1 fully saturated rings. The van der Waals surface area contributed by atoms with Gasteiger partial charge in [-0.2, -0.15) is 0 Å². The second-order valence-corrected chi connectivity index (χ2v) is 9.24. The van der Waals surface area contributed by atoms with Gasteiger partial charge < -0.3 is 14.7 Å². The van der Waals surface area contributed by atoms with Crippen molar-refractivity contribution in [3.63, 3.8) is 0 Å². The average molecular weight is 452 g/mol. The summed E-state index contributed by atoms with van der Waals surface area (Å²) in [5.41, 5.74) is 3.12. The van der Waals surface area contributed by atoms with Gasteiger partial charge in [-0.3, -0.25) is 9.59 Å². The number of amides is 2. The zero-order valence-electron chi connectivity index (χ0n) is 20.6. The predicted molar refractivity (Wildman–Crippen MR) is 132 cm³/mol. The number of hydrogen-bond acceptors (Lipinski definition) is 5. The third-order valence-electron chi connectivity index (χ3n) is 6.38. The van der Waals surface area contributed by atoms with Crippen LogP contribution < -0.4 is 4.90 Å². The third kappa shape index (κ3) is 6.30. The van der Waals surface area contributed by atoms with Crippen LogP contribution in [0, 0.1) is 12.8 Å². The van der Waals surface area contributed by atoms with Crippen LogP contribution in [0.2, 0.25) is 0 Å². The maximum Gasteiger partial charge on any atom is 0.242 e. The molecule has 1 saturated heterocycles. The van der Waals surface area contributed by atoms with Crippen molar-refractivity contribution in [1.29, 1.82) is 0 Å². The van der Waals surface area contributed by atoms with Gasteiger partial charge in [-0.15, -0.1) is 10.2 Å². The number of anilines is 1. The van der Waals surface area contributed by atoms with Gasteiger partial charge in [-0.1, -0.05) is 50.6 Å². The Balaban J connectivity index is 1.62. The molecule has 178 valence electrons. The van der Waals surface area contributed by atoms with Gasteiger partial charge in [0.05, 0.1) is 12.2 Å². The minimum atomic E-state index is -0.118. The molecule has 0 aliphatic carbocycles. The van der Waals surface area contributed by atoms with Gasteiger partial charge in [0.25, 0.3) is 0 Å². The molecule has 0 N–H and O–H groups in total. The second-order valence-electron chi connectivity index (χ2n) is 9.24. The van der Waals surface area contributed by atoms with Gasteiger partial charge in [0.15, 0.2) is 5.82 Å². The molecule has 2 aromatic rings. The fourth-order valence-corrected chi connectivity index (χ4v) is 4.02. The van der Waals surface area contributed by atoms with E-state index in [2.05, 4.69) is 46.3 Å². The van der Waals surface area contributed by atoms with Gasteiger partial charge in [-0.05, 0) is 38.8 Å². The first-order valence-corrected chi connectivity index (χ1v) is 12.0. The summed E-state index contributed by atoms with van der Waals surface area (Å²) in [5.74, 6) is 0.773. The Morgan fingerprint density at radius 3 is 2.30 bits per heavy atom. The zero-order valence-corrected chi connectivity index (χ0v) is 20.6. The topological polar surface area (TPSA) is 69.6 Å². The molecule has 1 aliphatic heterocycles. The van der Waals surface area contributed by atoms with E-state index in [1.54, 1.807) is 4.90 Å². The molecule has 3 rings (SSSR count). The van der Waals surface area contributed by atoms with Crippen LogP contribution in [-0.4, -0.2) is 70.6 Å². The van der Waals surface area contributed by atoms with Gasteiger partial charge >= 0.3 is 0 Å². The first-order chi connectivity index (χ1) is 15.8. The summed E-state index contributed by atoms with van der Waals surface area (Å²) in [4.78, 5) is 31.5. The number of carbonyl (C=O) groups is 2. The first-order valence-electron chi connectivity index (χ1n) is 12.0. The molecule has 1 aromatic heterocycles. The quantitative estimate of drug-likeness (QED) is 0.641. The minimum absolute atomic E-state index is 0.0203. The van der Waals surface area contributed by atoms with Crippen LogP contribution in [-0.2, 0) is 9.59 Å². The molecule has 1 atom stereocenters. The lowest BCUT2D eigenvalue weighted by atomic mass is 10.1. The molecule has 2 amide bonds. The summed E-state index contributed by atoms with van der Waals surface area (Å²) in [7, 11) is 0. The third-order valence-corrected chi connectivity index (χ3v) is 6.38. The lowest BCUT2D eigenvalue weighted by Gasteiger charge is -2.32. The van der Waals surface area contributed by atoms with Crippen LogP contribution in [0.4, 0.5) is 5.82 Å². The lowest BCUT2D eigenvalue weighted by Crippen LogP contribution is -2.48. The molecule has 1 unspecified atom stereocenters. The van der Waals surface area contributed by atoms with Crippen molar-refractivity contribution in [2.45, 2.75) is 53.5 Å². The van der Waals surface area contributed by atoms with Crippen molar-refractivity contribution >= 4 is 17.6 Å². The molecule has 1 aliphatic rings. The number of benzene rings is 1. The Morgan fingerprint density at radius 1 is 0.970 bits per heavy atom. The summed E-state index contributed by atoms with van der Waals surface area (Å²) in [6.45, 7) is 12.9. The highest BCUT2D eigenvalue weighted by molar-refractivity contribution is 5.86. The molecule has 7 heteroatoms. The highest BCUT2D eigenvalue weighted by Crippen LogP contribution is 2.20. The molecule has 0 bridgehead atoms. The number of rotatable bonds is 7. The highest BCUT2D eigenvalue weighted by atomic mass is 16.2. The average Bonchev–Trinajstić information content (AvgIpc) is 3.08. The van der Waals surface area contributed by atoms with Crippen molar-refractivity contribution in [1.82, 2.24) is 20.0 Å². The Morgan fingerprint density at radius 2 is 1.70 bits per heavy atom. The summed E-state index contributed by atoms with van der Waals surface area (Å²) in [5, 5.41) is 8.88. The molecule has 2 heterocycles. The van der Waals surface area contributed by atoms with Gasteiger partial charge in [-0.25, -0.2) is 0 Å². The van der Waals surface area contributed by atoms with Gasteiger partial charge in [0.2, 0.25) is 11.8 Å². The number of hydrogen-bond donors (Lipinski definition) is 0. The van der Waals surface area contributed by atoms with Crippen molar-refractivity contribution in [2.24, 2.45) is 5.92 Å². The molecule has 1 aromatic carbocycles. The van der Waals surface area contributed by atoms with Crippen molar-refractivity contribution in [3.8, 4) is 11.3 Å². The smallest absolute Gasteiger partial charge is 0.242 e. The number of carbonyl (C=O) groups excluding carboxylic acids is 2. The first kappa shape index (κ1) is 24.7. The van der Waals surface area contributed by atoms with Crippen LogP contribution >= 0.6 is 0 Å². The van der Waals surface area contributed by atoms with E-state index in [4.69, 9.17) is 0 Å². The standard InChI is InChI=1S/C26H37N5O2/c1-6-21(5)31(26(33)19(2)3)18-25(32)30-15-7-14-29(16-17-30)24-13-12-23(27-28-24)22-10-8-20(4)9-11-22/h8-13,19,21H,6-7,14-18H2,1-5H3. The van der Waals surface area contributed by atoms with Crippen LogP contribution in [0.15, 0.2) is 36.4 Å². The van der Waals surface area contributed by atoms with E-state index >= 15 is 0 Å². The Hall–Kier alpha value is -2.96. The second kappa shape index (κ2) is 11.3. The van der Waals surface area contributed by atoms with E-state index in [0.29, 0.717) is 19.6 Å². The zero-order chi connectivity index (χ0) is 24.0.